The van der Waals surface area contributed by atoms with Gasteiger partial charge in [0.1, 0.15) is 5.82 Å². The molecule has 1 nitrogen and oxygen atoms in total. The van der Waals surface area contributed by atoms with E-state index in [1.165, 1.54) is 6.07 Å². The van der Waals surface area contributed by atoms with Crippen molar-refractivity contribution in [1.29, 1.82) is 0 Å². The molecule has 0 bridgehead atoms. The van der Waals surface area contributed by atoms with Gasteiger partial charge in [0.2, 0.25) is 0 Å². The summed E-state index contributed by atoms with van der Waals surface area (Å²) in [6.45, 7) is 9.75. The van der Waals surface area contributed by atoms with Crippen LogP contribution in [0.25, 0.3) is 0 Å². The predicted molar refractivity (Wildman–Crippen MR) is 76.7 cm³/mol. The minimum absolute atomic E-state index is 0.205. The maximum absolute atomic E-state index is 13.1. The lowest BCUT2D eigenvalue weighted by atomic mass is 9.79. The van der Waals surface area contributed by atoms with E-state index >= 15 is 0 Å². The molecule has 1 rings (SSSR count). The molecule has 0 fully saturated rings. The van der Waals surface area contributed by atoms with Gasteiger partial charge in [-0.2, -0.15) is 0 Å². The van der Waals surface area contributed by atoms with E-state index < -0.39 is 0 Å². The number of benzene rings is 1. The Morgan fingerprint density at radius 2 is 2.00 bits per heavy atom. The van der Waals surface area contributed by atoms with Crippen LogP contribution in [0.1, 0.15) is 39.7 Å². The summed E-state index contributed by atoms with van der Waals surface area (Å²) in [4.78, 5) is 0. The lowest BCUT2D eigenvalue weighted by Crippen LogP contribution is -2.43. The summed E-state index contributed by atoms with van der Waals surface area (Å²) in [7, 11) is 0. The molecule has 18 heavy (non-hydrogen) atoms. The SMILES string of the molecule is CCNC(Cc1ccc(F)c(Cl)c1)C(C)(C)CC. The monoisotopic (exact) mass is 271 g/mol. The highest BCUT2D eigenvalue weighted by Crippen LogP contribution is 2.28. The van der Waals surface area contributed by atoms with E-state index in [0.717, 1.165) is 24.9 Å². The van der Waals surface area contributed by atoms with Crippen LogP contribution in [0, 0.1) is 11.2 Å². The maximum atomic E-state index is 13.1. The smallest absolute Gasteiger partial charge is 0.141 e. The van der Waals surface area contributed by atoms with Crippen molar-refractivity contribution in [3.05, 3.63) is 34.6 Å². The second kappa shape index (κ2) is 6.53. The summed E-state index contributed by atoms with van der Waals surface area (Å²) in [5, 5.41) is 3.73. The second-order valence-corrected chi connectivity index (χ2v) is 5.81. The topological polar surface area (TPSA) is 12.0 Å². The zero-order valence-corrected chi connectivity index (χ0v) is 12.4. The molecule has 1 N–H and O–H groups in total. The lowest BCUT2D eigenvalue weighted by molar-refractivity contribution is 0.232. The maximum Gasteiger partial charge on any atom is 0.141 e. The lowest BCUT2D eigenvalue weighted by Gasteiger charge is -2.34. The summed E-state index contributed by atoms with van der Waals surface area (Å²) in [5.41, 5.74) is 1.28. The summed E-state index contributed by atoms with van der Waals surface area (Å²) in [6, 6.07) is 5.36. The van der Waals surface area contributed by atoms with Crippen LogP contribution in [0.15, 0.2) is 18.2 Å². The van der Waals surface area contributed by atoms with Gasteiger partial charge in [-0.3, -0.25) is 0 Å². The van der Waals surface area contributed by atoms with E-state index in [1.807, 2.05) is 6.07 Å². The first-order chi connectivity index (χ1) is 8.40. The van der Waals surface area contributed by atoms with Crippen molar-refractivity contribution in [2.75, 3.05) is 6.54 Å². The van der Waals surface area contributed by atoms with Gasteiger partial charge in [0.15, 0.2) is 0 Å². The Bertz CT molecular complexity index is 390. The molecule has 0 aliphatic heterocycles. The standard InChI is InChI=1S/C15H23ClFN/c1-5-15(3,4)14(18-6-2)10-11-7-8-13(17)12(16)9-11/h7-9,14,18H,5-6,10H2,1-4H3. The highest BCUT2D eigenvalue weighted by Gasteiger charge is 2.27. The molecule has 0 aliphatic carbocycles. The second-order valence-electron chi connectivity index (χ2n) is 5.40. The Kier molecular flexibility index (Phi) is 5.61. The van der Waals surface area contributed by atoms with Crippen molar-refractivity contribution >= 4 is 11.6 Å². The van der Waals surface area contributed by atoms with Crippen molar-refractivity contribution in [3.63, 3.8) is 0 Å². The van der Waals surface area contributed by atoms with Crippen LogP contribution < -0.4 is 5.32 Å². The van der Waals surface area contributed by atoms with Gasteiger partial charge in [-0.15, -0.1) is 0 Å². The van der Waals surface area contributed by atoms with Crippen molar-refractivity contribution in [2.45, 2.75) is 46.6 Å². The van der Waals surface area contributed by atoms with Crippen LogP contribution in [0.5, 0.6) is 0 Å². The zero-order chi connectivity index (χ0) is 13.8. The van der Waals surface area contributed by atoms with Gasteiger partial charge in [0.05, 0.1) is 5.02 Å². The molecule has 102 valence electrons. The molecule has 0 saturated carbocycles. The average molecular weight is 272 g/mol. The quantitative estimate of drug-likeness (QED) is 0.807. The van der Waals surface area contributed by atoms with E-state index in [-0.39, 0.29) is 16.3 Å². The normalized spacial score (nSPS) is 13.7. The number of nitrogens with one attached hydrogen (secondary N) is 1. The van der Waals surface area contributed by atoms with Gasteiger partial charge in [-0.1, -0.05) is 45.4 Å². The molecule has 0 saturated heterocycles. The predicted octanol–water partition coefficient (Wildman–Crippen LogP) is 4.44. The first-order valence-electron chi connectivity index (χ1n) is 6.58. The zero-order valence-electron chi connectivity index (χ0n) is 11.7. The third-order valence-electron chi connectivity index (χ3n) is 3.73. The highest BCUT2D eigenvalue weighted by atomic mass is 35.5. The van der Waals surface area contributed by atoms with Crippen molar-refractivity contribution in [2.24, 2.45) is 5.41 Å². The Hall–Kier alpha value is -0.600. The van der Waals surface area contributed by atoms with Crippen LogP contribution in [0.3, 0.4) is 0 Å². The van der Waals surface area contributed by atoms with Crippen LogP contribution in [-0.2, 0) is 6.42 Å². The molecule has 0 heterocycles. The minimum Gasteiger partial charge on any atom is -0.313 e. The fourth-order valence-corrected chi connectivity index (χ4v) is 2.22. The van der Waals surface area contributed by atoms with Crippen molar-refractivity contribution in [1.82, 2.24) is 5.32 Å². The van der Waals surface area contributed by atoms with Crippen LogP contribution in [-0.4, -0.2) is 12.6 Å². The molecule has 3 heteroatoms. The summed E-state index contributed by atoms with van der Waals surface area (Å²) < 4.78 is 13.1. The molecular formula is C15H23ClFN. The molecule has 0 aliphatic rings. The van der Waals surface area contributed by atoms with Gasteiger partial charge < -0.3 is 5.32 Å². The summed E-state index contributed by atoms with van der Waals surface area (Å²) in [5.74, 6) is -0.352. The van der Waals surface area contributed by atoms with Crippen LogP contribution >= 0.6 is 11.6 Å². The molecule has 1 atom stereocenters. The Labute approximate surface area is 115 Å². The van der Waals surface area contributed by atoms with E-state index in [4.69, 9.17) is 11.6 Å². The van der Waals surface area contributed by atoms with Crippen molar-refractivity contribution < 1.29 is 4.39 Å². The average Bonchev–Trinajstić information content (AvgIpc) is 2.33. The summed E-state index contributed by atoms with van der Waals surface area (Å²) in [6.07, 6.45) is 1.97. The Balaban J connectivity index is 2.86. The Morgan fingerprint density at radius 3 is 2.50 bits per heavy atom. The van der Waals surface area contributed by atoms with E-state index in [9.17, 15) is 4.39 Å². The molecule has 1 aromatic carbocycles. The number of halogens is 2. The Morgan fingerprint density at radius 1 is 1.33 bits per heavy atom. The van der Waals surface area contributed by atoms with E-state index in [2.05, 4.69) is 33.0 Å². The fourth-order valence-electron chi connectivity index (χ4n) is 2.02. The number of hydrogen-bond acceptors (Lipinski definition) is 1. The molecular weight excluding hydrogens is 249 g/mol. The highest BCUT2D eigenvalue weighted by molar-refractivity contribution is 6.30. The number of hydrogen-bond donors (Lipinski definition) is 1. The minimum atomic E-state index is -0.352. The number of likely N-dealkylation sites (N-methyl/N-ethyl adjacent to an activating group) is 1. The molecule has 0 spiro atoms. The first kappa shape index (κ1) is 15.5. The third-order valence-corrected chi connectivity index (χ3v) is 4.02. The van der Waals surface area contributed by atoms with Gasteiger partial charge in [0, 0.05) is 6.04 Å². The number of rotatable bonds is 6. The molecule has 0 amide bonds. The van der Waals surface area contributed by atoms with E-state index in [0.29, 0.717) is 6.04 Å². The van der Waals surface area contributed by atoms with E-state index in [1.54, 1.807) is 6.07 Å². The van der Waals surface area contributed by atoms with Gasteiger partial charge >= 0.3 is 0 Å². The largest absolute Gasteiger partial charge is 0.313 e. The van der Waals surface area contributed by atoms with Crippen LogP contribution in [0.4, 0.5) is 4.39 Å². The molecule has 1 aromatic rings. The van der Waals surface area contributed by atoms with Gasteiger partial charge in [-0.25, -0.2) is 4.39 Å². The molecule has 0 aromatic heterocycles. The fraction of sp³-hybridized carbons (Fsp3) is 0.600. The summed E-state index contributed by atoms with van der Waals surface area (Å²) >= 11 is 5.83. The van der Waals surface area contributed by atoms with Gasteiger partial charge in [-0.05, 0) is 42.5 Å². The first-order valence-corrected chi connectivity index (χ1v) is 6.95. The molecule has 0 radical (unpaired) electrons. The van der Waals surface area contributed by atoms with Crippen molar-refractivity contribution in [3.8, 4) is 0 Å². The third kappa shape index (κ3) is 3.96. The van der Waals surface area contributed by atoms with Crippen LogP contribution in [0.2, 0.25) is 5.02 Å². The van der Waals surface area contributed by atoms with Gasteiger partial charge in [0.25, 0.3) is 0 Å². The molecule has 1 unspecified atom stereocenters.